The number of hydrogen-bond donors (Lipinski definition) is 2. The van der Waals surface area contributed by atoms with E-state index in [1.807, 2.05) is 0 Å². The average molecular weight is 507 g/mol. The molecule has 3 heterocycles. The van der Waals surface area contributed by atoms with Crippen molar-refractivity contribution in [3.63, 3.8) is 0 Å². The lowest BCUT2D eigenvalue weighted by molar-refractivity contribution is -0.414. The van der Waals surface area contributed by atoms with Crippen LogP contribution in [0.1, 0.15) is 127 Å². The molecular formula is C31H54O5. The monoisotopic (exact) mass is 506 g/mol. The quantitative estimate of drug-likeness (QED) is 0.429. The number of aliphatic hydroxyl groups excluding tert-OH is 1. The van der Waals surface area contributed by atoms with E-state index in [9.17, 15) is 15.0 Å². The van der Waals surface area contributed by atoms with Gasteiger partial charge in [-0.1, -0.05) is 27.7 Å². The molecule has 2 saturated carbocycles. The van der Waals surface area contributed by atoms with Crippen molar-refractivity contribution in [2.45, 2.75) is 161 Å². The Balaban J connectivity index is 1.59. The Morgan fingerprint density at radius 2 is 1.69 bits per heavy atom. The number of ether oxygens (including phenoxy) is 2. The first-order valence-corrected chi connectivity index (χ1v) is 14.7. The molecule has 2 N–H and O–H groups in total. The summed E-state index contributed by atoms with van der Waals surface area (Å²) < 4.78 is 14.0. The summed E-state index contributed by atoms with van der Waals surface area (Å²) in [4.78, 5) is 13.4. The molecule has 5 aliphatic rings. The van der Waals surface area contributed by atoms with Crippen molar-refractivity contribution < 1.29 is 24.5 Å². The van der Waals surface area contributed by atoms with Gasteiger partial charge in [-0.2, -0.15) is 0 Å². The second kappa shape index (κ2) is 9.03. The molecule has 5 heteroatoms. The molecule has 0 aromatic heterocycles. The van der Waals surface area contributed by atoms with Gasteiger partial charge in [0.1, 0.15) is 11.4 Å². The largest absolute Gasteiger partial charge is 0.390 e. The number of carbonyl (C=O) groups excluding carboxylic acids is 1. The van der Waals surface area contributed by atoms with Gasteiger partial charge in [-0.25, -0.2) is 0 Å². The second-order valence-corrected chi connectivity index (χ2v) is 14.9. The molecule has 9 atom stereocenters. The molecule has 2 bridgehead atoms. The molecule has 5 rings (SSSR count). The highest BCUT2D eigenvalue weighted by atomic mass is 16.6. The molecule has 0 aromatic rings. The van der Waals surface area contributed by atoms with Crippen molar-refractivity contribution in [2.75, 3.05) is 0 Å². The predicted octanol–water partition coefficient (Wildman–Crippen LogP) is 6.22. The molecule has 0 aromatic carbocycles. The van der Waals surface area contributed by atoms with Crippen LogP contribution in [0.25, 0.3) is 0 Å². The number of hydrogen-bond acceptors (Lipinski definition) is 5. The highest BCUT2D eigenvalue weighted by Crippen LogP contribution is 2.65. The van der Waals surface area contributed by atoms with E-state index < -0.39 is 17.1 Å². The fourth-order valence-electron chi connectivity index (χ4n) is 8.69. The highest BCUT2D eigenvalue weighted by Gasteiger charge is 2.70. The molecule has 0 amide bonds. The number of carbonyl (C=O) groups is 1. The van der Waals surface area contributed by atoms with E-state index >= 15 is 0 Å². The predicted molar refractivity (Wildman–Crippen MR) is 143 cm³/mol. The first-order valence-electron chi connectivity index (χ1n) is 14.7. The molecule has 0 radical (unpaired) electrons. The molecule has 1 spiro atoms. The lowest BCUT2D eigenvalue weighted by Gasteiger charge is -2.71. The van der Waals surface area contributed by atoms with Crippen LogP contribution in [0.15, 0.2) is 0 Å². The molecule has 3 saturated heterocycles. The molecule has 208 valence electrons. The maximum Gasteiger partial charge on any atom is 0.139 e. The van der Waals surface area contributed by atoms with E-state index in [0.29, 0.717) is 36.9 Å². The molecule has 9 unspecified atom stereocenters. The number of Topliss-reactive ketones (excluding diaryl/α,β-unsaturated/α-hetero) is 1. The summed E-state index contributed by atoms with van der Waals surface area (Å²) in [7, 11) is 0. The second-order valence-electron chi connectivity index (χ2n) is 14.9. The number of rotatable bonds is 7. The molecule has 2 aliphatic carbocycles. The van der Waals surface area contributed by atoms with E-state index in [2.05, 4.69) is 48.5 Å². The van der Waals surface area contributed by atoms with Crippen LogP contribution in [-0.4, -0.2) is 50.6 Å². The SMILES string of the molecule is CC1CCC(=O)C(C)(CCC(O)C(C)(C)O)C1CCC1(C)C(C)CCC2OC3(C)CCC21OC3(C)C. The van der Waals surface area contributed by atoms with Gasteiger partial charge in [0.15, 0.2) is 0 Å². The third-order valence-corrected chi connectivity index (χ3v) is 12.2. The topological polar surface area (TPSA) is 76.0 Å². The van der Waals surface area contributed by atoms with Crippen LogP contribution in [0, 0.1) is 28.6 Å². The van der Waals surface area contributed by atoms with E-state index in [4.69, 9.17) is 9.47 Å². The zero-order valence-electron chi connectivity index (χ0n) is 24.6. The van der Waals surface area contributed by atoms with E-state index in [0.717, 1.165) is 44.9 Å². The van der Waals surface area contributed by atoms with Crippen molar-refractivity contribution in [1.82, 2.24) is 0 Å². The Morgan fingerprint density at radius 1 is 1.03 bits per heavy atom. The van der Waals surface area contributed by atoms with Crippen molar-refractivity contribution in [2.24, 2.45) is 28.6 Å². The van der Waals surface area contributed by atoms with Crippen LogP contribution in [0.4, 0.5) is 0 Å². The van der Waals surface area contributed by atoms with Gasteiger partial charge in [0.2, 0.25) is 0 Å². The summed E-state index contributed by atoms with van der Waals surface area (Å²) in [6, 6.07) is 0. The smallest absolute Gasteiger partial charge is 0.139 e. The van der Waals surface area contributed by atoms with Crippen LogP contribution in [0.5, 0.6) is 0 Å². The summed E-state index contributed by atoms with van der Waals surface area (Å²) in [6.07, 6.45) is 8.24. The highest BCUT2D eigenvalue weighted by molar-refractivity contribution is 5.85. The Hall–Kier alpha value is -0.490. The van der Waals surface area contributed by atoms with Gasteiger partial charge in [-0.05, 0) is 110 Å². The molecule has 5 fully saturated rings. The minimum absolute atomic E-state index is 0.0251. The van der Waals surface area contributed by atoms with Crippen molar-refractivity contribution in [3.8, 4) is 0 Å². The number of aliphatic hydroxyl groups is 2. The zero-order valence-corrected chi connectivity index (χ0v) is 24.6. The van der Waals surface area contributed by atoms with Gasteiger partial charge < -0.3 is 19.7 Å². The van der Waals surface area contributed by atoms with E-state index in [-0.39, 0.29) is 34.2 Å². The number of ketones is 1. The number of fused-ring (bicyclic) bond motifs is 2. The van der Waals surface area contributed by atoms with Crippen LogP contribution >= 0.6 is 0 Å². The van der Waals surface area contributed by atoms with Crippen molar-refractivity contribution in [1.29, 1.82) is 0 Å². The maximum absolute atomic E-state index is 13.4. The minimum atomic E-state index is -1.16. The fraction of sp³-hybridized carbons (Fsp3) is 0.968. The van der Waals surface area contributed by atoms with Gasteiger partial charge in [0.05, 0.1) is 29.0 Å². The third kappa shape index (κ3) is 4.23. The lowest BCUT2D eigenvalue weighted by atomic mass is 9.49. The van der Waals surface area contributed by atoms with Gasteiger partial charge in [-0.15, -0.1) is 0 Å². The van der Waals surface area contributed by atoms with Crippen molar-refractivity contribution in [3.05, 3.63) is 0 Å². The van der Waals surface area contributed by atoms with Gasteiger partial charge in [0.25, 0.3) is 0 Å². The Kier molecular flexibility index (Phi) is 7.15. The van der Waals surface area contributed by atoms with Crippen LogP contribution in [0.3, 0.4) is 0 Å². The Bertz CT molecular complexity index is 846. The summed E-state index contributed by atoms with van der Waals surface area (Å²) in [5, 5.41) is 20.8. The summed E-state index contributed by atoms with van der Waals surface area (Å²) in [6.45, 7) is 19.2. The summed E-state index contributed by atoms with van der Waals surface area (Å²) in [5.74, 6) is 1.57. The molecule has 36 heavy (non-hydrogen) atoms. The van der Waals surface area contributed by atoms with Gasteiger partial charge in [0, 0.05) is 17.3 Å². The summed E-state index contributed by atoms with van der Waals surface area (Å²) >= 11 is 0. The Morgan fingerprint density at radius 3 is 2.31 bits per heavy atom. The molecule has 3 aliphatic heterocycles. The minimum Gasteiger partial charge on any atom is -0.390 e. The lowest BCUT2D eigenvalue weighted by Crippen LogP contribution is -2.77. The first-order chi connectivity index (χ1) is 16.4. The summed E-state index contributed by atoms with van der Waals surface area (Å²) in [5.41, 5.74) is -2.48. The van der Waals surface area contributed by atoms with Crippen LogP contribution < -0.4 is 0 Å². The van der Waals surface area contributed by atoms with Crippen molar-refractivity contribution >= 4 is 5.78 Å². The zero-order chi connectivity index (χ0) is 26.9. The maximum atomic E-state index is 13.4. The van der Waals surface area contributed by atoms with Gasteiger partial charge >= 0.3 is 0 Å². The van der Waals surface area contributed by atoms with Gasteiger partial charge in [-0.3, -0.25) is 4.79 Å². The average Bonchev–Trinajstić information content (AvgIpc) is 2.77. The third-order valence-electron chi connectivity index (χ3n) is 12.2. The fourth-order valence-corrected chi connectivity index (χ4v) is 8.69. The first kappa shape index (κ1) is 28.5. The standard InChI is InChI=1S/C31H54O5/c1-20-10-12-24(33)28(7,16-15-23(32)26(3,4)34)22(20)14-17-29(8)21(2)11-13-25-31(29)19-18-30(9,35-25)27(5,6)36-31/h20-23,25,32,34H,10-19H2,1-9H3. The molecular weight excluding hydrogens is 452 g/mol. The van der Waals surface area contributed by atoms with Crippen LogP contribution in [0.2, 0.25) is 0 Å². The Labute approximate surface area is 220 Å². The van der Waals surface area contributed by atoms with Crippen LogP contribution in [-0.2, 0) is 14.3 Å². The normalized spacial score (nSPS) is 47.5. The van der Waals surface area contributed by atoms with E-state index in [1.54, 1.807) is 13.8 Å². The molecule has 5 nitrogen and oxygen atoms in total. The van der Waals surface area contributed by atoms with E-state index in [1.165, 1.54) is 0 Å².